The summed E-state index contributed by atoms with van der Waals surface area (Å²) >= 11 is 0. The third-order valence-electron chi connectivity index (χ3n) is 3.93. The second-order valence-electron chi connectivity index (χ2n) is 5.45. The van der Waals surface area contributed by atoms with Crippen molar-refractivity contribution in [3.63, 3.8) is 0 Å². The van der Waals surface area contributed by atoms with E-state index in [0.717, 1.165) is 16.7 Å². The average Bonchev–Trinajstić information content (AvgIpc) is 3.05. The lowest BCUT2D eigenvalue weighted by Gasteiger charge is -2.17. The maximum Gasteiger partial charge on any atom is 0.408 e. The molecule has 6 nitrogen and oxygen atoms in total. The van der Waals surface area contributed by atoms with Gasteiger partial charge in [0, 0.05) is 24.8 Å². The van der Waals surface area contributed by atoms with Crippen LogP contribution in [0.3, 0.4) is 0 Å². The number of nitrogens with one attached hydrogen (secondary N) is 1. The summed E-state index contributed by atoms with van der Waals surface area (Å²) in [4.78, 5) is 24.2. The van der Waals surface area contributed by atoms with E-state index in [-0.39, 0.29) is 6.04 Å². The number of pyridine rings is 1. The Labute approximate surface area is 138 Å². The van der Waals surface area contributed by atoms with Crippen molar-refractivity contribution in [1.29, 1.82) is 0 Å². The van der Waals surface area contributed by atoms with Crippen LogP contribution in [-0.4, -0.2) is 21.0 Å². The maximum atomic E-state index is 11.8. The van der Waals surface area contributed by atoms with E-state index < -0.39 is 12.2 Å². The van der Waals surface area contributed by atoms with Crippen LogP contribution in [0.4, 0.5) is 4.79 Å². The van der Waals surface area contributed by atoms with E-state index in [1.54, 1.807) is 24.8 Å². The van der Waals surface area contributed by atoms with Crippen LogP contribution in [-0.2, 0) is 4.74 Å². The highest BCUT2D eigenvalue weighted by atomic mass is 16.6. The second kappa shape index (κ2) is 6.08. The number of amides is 1. The SMILES string of the molecule is O=C1N[C@H](c2cccc(-c3cccnc3)c2)[C@H](c2cnccn2)O1. The molecule has 1 amide bonds. The average molecular weight is 318 g/mol. The number of carbonyl (C=O) groups is 1. The van der Waals surface area contributed by atoms with Crippen molar-refractivity contribution in [2.75, 3.05) is 0 Å². The minimum absolute atomic E-state index is 0.314. The lowest BCUT2D eigenvalue weighted by molar-refractivity contribution is 0.129. The van der Waals surface area contributed by atoms with Crippen molar-refractivity contribution in [2.45, 2.75) is 12.1 Å². The Bertz CT molecular complexity index is 855. The highest BCUT2D eigenvalue weighted by Gasteiger charge is 2.37. The second-order valence-corrected chi connectivity index (χ2v) is 5.45. The van der Waals surface area contributed by atoms with Gasteiger partial charge in [0.05, 0.1) is 6.20 Å². The molecule has 0 aliphatic carbocycles. The Morgan fingerprint density at radius 3 is 2.62 bits per heavy atom. The number of hydrogen-bond acceptors (Lipinski definition) is 5. The molecule has 1 N–H and O–H groups in total. The molecule has 3 heterocycles. The van der Waals surface area contributed by atoms with E-state index in [0.29, 0.717) is 5.69 Å². The minimum atomic E-state index is -0.504. The Balaban J connectivity index is 1.71. The third-order valence-corrected chi connectivity index (χ3v) is 3.93. The molecule has 2 aromatic heterocycles. The van der Waals surface area contributed by atoms with Crippen molar-refractivity contribution < 1.29 is 9.53 Å². The third kappa shape index (κ3) is 2.69. The number of alkyl carbamates (subject to hydrolysis) is 1. The van der Waals surface area contributed by atoms with Crippen molar-refractivity contribution in [3.05, 3.63) is 78.6 Å². The predicted octanol–water partition coefficient (Wildman–Crippen LogP) is 3.06. The smallest absolute Gasteiger partial charge is 0.408 e. The van der Waals surface area contributed by atoms with Gasteiger partial charge in [-0.1, -0.05) is 24.3 Å². The first-order valence-electron chi connectivity index (χ1n) is 7.55. The molecule has 1 aromatic carbocycles. The van der Waals surface area contributed by atoms with Crippen LogP contribution in [0.1, 0.15) is 23.4 Å². The molecule has 0 spiro atoms. The molecule has 2 atom stereocenters. The summed E-state index contributed by atoms with van der Waals surface area (Å²) in [6, 6.07) is 11.5. The fourth-order valence-electron chi connectivity index (χ4n) is 2.81. The number of aromatic nitrogens is 3. The van der Waals surface area contributed by atoms with Crippen LogP contribution in [0.5, 0.6) is 0 Å². The monoisotopic (exact) mass is 318 g/mol. The summed E-state index contributed by atoms with van der Waals surface area (Å²) in [5.74, 6) is 0. The normalized spacial score (nSPS) is 19.6. The lowest BCUT2D eigenvalue weighted by atomic mass is 9.96. The van der Waals surface area contributed by atoms with Gasteiger partial charge in [-0.05, 0) is 28.8 Å². The molecule has 1 fully saturated rings. The van der Waals surface area contributed by atoms with Crippen LogP contribution >= 0.6 is 0 Å². The van der Waals surface area contributed by atoms with E-state index in [1.165, 1.54) is 0 Å². The van der Waals surface area contributed by atoms with Gasteiger partial charge in [-0.25, -0.2) is 4.79 Å². The quantitative estimate of drug-likeness (QED) is 0.803. The molecule has 6 heteroatoms. The van der Waals surface area contributed by atoms with Gasteiger partial charge < -0.3 is 10.1 Å². The Morgan fingerprint density at radius 1 is 0.958 bits per heavy atom. The fourth-order valence-corrected chi connectivity index (χ4v) is 2.81. The Kier molecular flexibility index (Phi) is 3.63. The van der Waals surface area contributed by atoms with Crippen LogP contribution < -0.4 is 5.32 Å². The standard InChI is InChI=1S/C18H14N4O2/c23-18-22-16(17(24-18)15-11-20-7-8-21-15)13-4-1-3-12(9-13)14-5-2-6-19-10-14/h1-11,16-17H,(H,22,23)/t16-,17+/m1/s1. The first-order valence-corrected chi connectivity index (χ1v) is 7.55. The van der Waals surface area contributed by atoms with E-state index in [9.17, 15) is 4.79 Å². The summed E-state index contributed by atoms with van der Waals surface area (Å²) < 4.78 is 5.40. The fraction of sp³-hybridized carbons (Fsp3) is 0.111. The van der Waals surface area contributed by atoms with E-state index >= 15 is 0 Å². The summed E-state index contributed by atoms with van der Waals surface area (Å²) in [5.41, 5.74) is 3.60. The number of hydrogen-bond donors (Lipinski definition) is 1. The highest BCUT2D eigenvalue weighted by molar-refractivity contribution is 5.71. The number of benzene rings is 1. The van der Waals surface area contributed by atoms with Gasteiger partial charge in [0.15, 0.2) is 6.10 Å². The van der Waals surface area contributed by atoms with Gasteiger partial charge >= 0.3 is 6.09 Å². The largest absolute Gasteiger partial charge is 0.437 e. The molecule has 0 unspecified atom stereocenters. The van der Waals surface area contributed by atoms with E-state index in [2.05, 4.69) is 20.3 Å². The molecule has 24 heavy (non-hydrogen) atoms. The minimum Gasteiger partial charge on any atom is -0.437 e. The van der Waals surface area contributed by atoms with Gasteiger partial charge in [0.2, 0.25) is 0 Å². The van der Waals surface area contributed by atoms with Gasteiger partial charge in [-0.3, -0.25) is 15.0 Å². The molecular weight excluding hydrogens is 304 g/mol. The van der Waals surface area contributed by atoms with Crippen molar-refractivity contribution in [3.8, 4) is 11.1 Å². The lowest BCUT2D eigenvalue weighted by Crippen LogP contribution is -2.19. The molecule has 0 bridgehead atoms. The van der Waals surface area contributed by atoms with Crippen LogP contribution in [0.15, 0.2) is 67.4 Å². The van der Waals surface area contributed by atoms with E-state index in [4.69, 9.17) is 4.74 Å². The molecule has 1 aliphatic rings. The Hall–Kier alpha value is -3.28. The number of rotatable bonds is 3. The Morgan fingerprint density at radius 2 is 1.83 bits per heavy atom. The van der Waals surface area contributed by atoms with Crippen molar-refractivity contribution >= 4 is 6.09 Å². The summed E-state index contributed by atoms with van der Waals surface area (Å²) in [5, 5.41) is 2.85. The summed E-state index contributed by atoms with van der Waals surface area (Å²) in [6.45, 7) is 0. The predicted molar refractivity (Wildman–Crippen MR) is 86.8 cm³/mol. The van der Waals surface area contributed by atoms with Crippen molar-refractivity contribution in [2.24, 2.45) is 0 Å². The topological polar surface area (TPSA) is 77.0 Å². The molecule has 118 valence electrons. The first kappa shape index (κ1) is 14.3. The van der Waals surface area contributed by atoms with Gasteiger partial charge in [-0.2, -0.15) is 0 Å². The molecule has 1 saturated heterocycles. The zero-order valence-electron chi connectivity index (χ0n) is 12.7. The van der Waals surface area contributed by atoms with Gasteiger partial charge in [0.25, 0.3) is 0 Å². The highest BCUT2D eigenvalue weighted by Crippen LogP contribution is 2.36. The van der Waals surface area contributed by atoms with Crippen LogP contribution in [0.25, 0.3) is 11.1 Å². The summed E-state index contributed by atoms with van der Waals surface area (Å²) in [7, 11) is 0. The zero-order chi connectivity index (χ0) is 16.4. The molecular formula is C18H14N4O2. The van der Waals surface area contributed by atoms with Crippen LogP contribution in [0.2, 0.25) is 0 Å². The number of ether oxygens (including phenoxy) is 1. The number of nitrogens with zero attached hydrogens (tertiary/aromatic N) is 3. The van der Waals surface area contributed by atoms with Gasteiger partial charge in [-0.15, -0.1) is 0 Å². The molecule has 0 saturated carbocycles. The maximum absolute atomic E-state index is 11.8. The molecule has 0 radical (unpaired) electrons. The van der Waals surface area contributed by atoms with E-state index in [1.807, 2.05) is 42.6 Å². The molecule has 1 aliphatic heterocycles. The molecule has 3 aromatic rings. The first-order chi connectivity index (χ1) is 11.8. The number of carbonyl (C=O) groups excluding carboxylic acids is 1. The van der Waals surface area contributed by atoms with Crippen molar-refractivity contribution in [1.82, 2.24) is 20.3 Å². The zero-order valence-corrected chi connectivity index (χ0v) is 12.7. The number of cyclic esters (lactones) is 1. The summed E-state index contributed by atoms with van der Waals surface area (Å²) in [6.07, 6.45) is 7.38. The van der Waals surface area contributed by atoms with Gasteiger partial charge in [0.1, 0.15) is 11.7 Å². The molecule has 4 rings (SSSR count). The van der Waals surface area contributed by atoms with Crippen LogP contribution in [0, 0.1) is 0 Å².